The monoisotopic (exact) mass is 510 g/mol. The molecule has 0 N–H and O–H groups in total. The summed E-state index contributed by atoms with van der Waals surface area (Å²) in [6.45, 7) is 1.49. The topological polar surface area (TPSA) is 115 Å². The van der Waals surface area contributed by atoms with E-state index < -0.39 is 12.1 Å². The van der Waals surface area contributed by atoms with Crippen LogP contribution in [0.2, 0.25) is 0 Å². The molecular weight excluding hydrogens is 484 g/mol. The van der Waals surface area contributed by atoms with Gasteiger partial charge in [-0.1, -0.05) is 18.2 Å². The molecule has 9 heteroatoms. The molecule has 0 saturated heterocycles. The van der Waals surface area contributed by atoms with E-state index in [0.29, 0.717) is 22.9 Å². The van der Waals surface area contributed by atoms with Gasteiger partial charge in [-0.3, -0.25) is 9.59 Å². The summed E-state index contributed by atoms with van der Waals surface area (Å²) in [4.78, 5) is 43.6. The van der Waals surface area contributed by atoms with Gasteiger partial charge in [0, 0.05) is 42.3 Å². The highest BCUT2D eigenvalue weighted by Crippen LogP contribution is 2.27. The van der Waals surface area contributed by atoms with Gasteiger partial charge >= 0.3 is 12.1 Å². The predicted molar refractivity (Wildman–Crippen MR) is 141 cm³/mol. The second-order valence-electron chi connectivity index (χ2n) is 8.51. The molecule has 0 saturated carbocycles. The van der Waals surface area contributed by atoms with Crippen molar-refractivity contribution in [2.24, 2.45) is 7.05 Å². The highest BCUT2D eigenvalue weighted by molar-refractivity contribution is 6.08. The molecule has 2 aromatic heterocycles. The molecular formula is C29H26N4O5. The number of carbonyl (C=O) groups is 3. The summed E-state index contributed by atoms with van der Waals surface area (Å²) < 4.78 is 12.4. The number of amides is 1. The molecule has 4 rings (SSSR count). The molecule has 1 amide bonds. The zero-order valence-corrected chi connectivity index (χ0v) is 21.1. The third kappa shape index (κ3) is 6.05. The predicted octanol–water partition coefficient (Wildman–Crippen LogP) is 4.83. The Balaban J connectivity index is 1.54. The lowest BCUT2D eigenvalue weighted by atomic mass is 10.0. The maximum absolute atomic E-state index is 13.1. The third-order valence-corrected chi connectivity index (χ3v) is 5.93. The van der Waals surface area contributed by atoms with Gasteiger partial charge in [0.15, 0.2) is 5.78 Å². The zero-order valence-electron chi connectivity index (χ0n) is 21.1. The highest BCUT2D eigenvalue weighted by Gasteiger charge is 2.24. The Labute approximate surface area is 219 Å². The van der Waals surface area contributed by atoms with Gasteiger partial charge in [0.1, 0.15) is 18.1 Å². The van der Waals surface area contributed by atoms with E-state index in [4.69, 9.17) is 14.7 Å². The number of nitriles is 1. The molecule has 2 aromatic carbocycles. The molecule has 0 spiro atoms. The summed E-state index contributed by atoms with van der Waals surface area (Å²) in [7, 11) is 1.84. The van der Waals surface area contributed by atoms with Crippen LogP contribution < -0.4 is 9.64 Å². The lowest BCUT2D eigenvalue weighted by Gasteiger charge is -2.20. The number of ether oxygens (including phenoxy) is 2. The first-order valence-electron chi connectivity index (χ1n) is 12.1. The van der Waals surface area contributed by atoms with E-state index in [-0.39, 0.29) is 36.9 Å². The molecule has 0 atom stereocenters. The minimum Gasteiger partial charge on any atom is -0.465 e. The van der Waals surface area contributed by atoms with Gasteiger partial charge in [-0.2, -0.15) is 5.26 Å². The van der Waals surface area contributed by atoms with Crippen LogP contribution in [0.1, 0.15) is 34.8 Å². The number of esters is 1. The molecule has 0 unspecified atom stereocenters. The van der Waals surface area contributed by atoms with Gasteiger partial charge < -0.3 is 14.0 Å². The number of aryl methyl sites for hydroxylation is 2. The number of fused-ring (bicyclic) bond motifs is 1. The minimum atomic E-state index is -0.805. The molecule has 0 aliphatic rings. The summed E-state index contributed by atoms with van der Waals surface area (Å²) in [5.74, 6) is -0.186. The quantitative estimate of drug-likeness (QED) is 0.234. The number of ketones is 1. The molecule has 2 heterocycles. The fourth-order valence-electron chi connectivity index (χ4n) is 4.04. The number of aromatic nitrogens is 2. The van der Waals surface area contributed by atoms with Crippen molar-refractivity contribution in [3.8, 4) is 11.8 Å². The van der Waals surface area contributed by atoms with Crippen LogP contribution in [-0.4, -0.2) is 40.5 Å². The lowest BCUT2D eigenvalue weighted by molar-refractivity contribution is -0.141. The fourth-order valence-corrected chi connectivity index (χ4v) is 4.04. The molecule has 0 aliphatic heterocycles. The van der Waals surface area contributed by atoms with Gasteiger partial charge in [0.2, 0.25) is 0 Å². The Kier molecular flexibility index (Phi) is 8.14. The van der Waals surface area contributed by atoms with Gasteiger partial charge in [0.25, 0.3) is 0 Å². The van der Waals surface area contributed by atoms with Gasteiger partial charge in [-0.15, -0.1) is 0 Å². The van der Waals surface area contributed by atoms with Crippen molar-refractivity contribution in [1.82, 2.24) is 9.55 Å². The summed E-state index contributed by atoms with van der Waals surface area (Å²) in [6.07, 6.45) is 3.27. The van der Waals surface area contributed by atoms with Crippen LogP contribution in [0.25, 0.3) is 10.9 Å². The lowest BCUT2D eigenvalue weighted by Crippen LogP contribution is -2.39. The number of Topliss-reactive ketones (excluding diaryl/α,β-unsaturated/α-hetero) is 1. The second kappa shape index (κ2) is 11.8. The largest absolute Gasteiger partial charge is 0.465 e. The Morgan fingerprint density at radius 1 is 1.08 bits per heavy atom. The number of benzene rings is 2. The van der Waals surface area contributed by atoms with Crippen molar-refractivity contribution in [2.75, 3.05) is 18.1 Å². The minimum absolute atomic E-state index is 0.0548. The average molecular weight is 511 g/mol. The van der Waals surface area contributed by atoms with Crippen molar-refractivity contribution in [2.45, 2.75) is 19.8 Å². The number of nitrogens with zero attached hydrogens (tertiary/aromatic N) is 4. The summed E-state index contributed by atoms with van der Waals surface area (Å²) in [6, 6.07) is 19.3. The van der Waals surface area contributed by atoms with Crippen LogP contribution in [0.3, 0.4) is 0 Å². The van der Waals surface area contributed by atoms with Gasteiger partial charge in [-0.05, 0) is 61.4 Å². The summed E-state index contributed by atoms with van der Waals surface area (Å²) in [5.41, 5.74) is 2.85. The van der Waals surface area contributed by atoms with Crippen molar-refractivity contribution < 1.29 is 23.9 Å². The first-order valence-corrected chi connectivity index (χ1v) is 12.1. The van der Waals surface area contributed by atoms with E-state index in [0.717, 1.165) is 16.0 Å². The van der Waals surface area contributed by atoms with Crippen molar-refractivity contribution in [1.29, 1.82) is 5.26 Å². The Hall–Kier alpha value is -4.97. The smallest absolute Gasteiger partial charge is 0.421 e. The van der Waals surface area contributed by atoms with E-state index in [9.17, 15) is 14.4 Å². The third-order valence-electron chi connectivity index (χ3n) is 5.93. The van der Waals surface area contributed by atoms with Crippen molar-refractivity contribution >= 4 is 34.6 Å². The van der Waals surface area contributed by atoms with Crippen LogP contribution >= 0.6 is 0 Å². The Bertz CT molecular complexity index is 1500. The summed E-state index contributed by atoms with van der Waals surface area (Å²) >= 11 is 0. The molecule has 192 valence electrons. The number of hydrogen-bond donors (Lipinski definition) is 0. The first kappa shape index (κ1) is 26.1. The summed E-state index contributed by atoms with van der Waals surface area (Å²) in [5, 5.41) is 9.61. The van der Waals surface area contributed by atoms with Crippen LogP contribution in [0.5, 0.6) is 5.75 Å². The van der Waals surface area contributed by atoms with Crippen LogP contribution in [0.4, 0.5) is 10.6 Å². The maximum Gasteiger partial charge on any atom is 0.421 e. The standard InChI is InChI=1S/C29H26N4O5/c1-3-37-28(35)19-33(27-6-4-5-15-31-27)29(36)38-22-12-13-25-23(16-22)24(18-32(25)2)26(34)14-11-20-7-9-21(17-30)10-8-20/h4-10,12-13,15-16,18H,3,11,14,19H2,1-2H3. The van der Waals surface area contributed by atoms with Gasteiger partial charge in [-0.25, -0.2) is 14.7 Å². The molecule has 38 heavy (non-hydrogen) atoms. The van der Waals surface area contributed by atoms with E-state index in [1.807, 2.05) is 23.7 Å². The average Bonchev–Trinajstić information content (AvgIpc) is 3.26. The Morgan fingerprint density at radius 2 is 1.87 bits per heavy atom. The number of pyridine rings is 1. The van der Waals surface area contributed by atoms with Crippen LogP contribution in [0, 0.1) is 11.3 Å². The molecule has 0 radical (unpaired) electrons. The second-order valence-corrected chi connectivity index (χ2v) is 8.51. The molecule has 0 aliphatic carbocycles. The normalized spacial score (nSPS) is 10.6. The molecule has 0 fully saturated rings. The number of anilines is 1. The molecule has 9 nitrogen and oxygen atoms in total. The number of hydrogen-bond acceptors (Lipinski definition) is 7. The highest BCUT2D eigenvalue weighted by atomic mass is 16.6. The van der Waals surface area contributed by atoms with Gasteiger partial charge in [0.05, 0.1) is 18.2 Å². The van der Waals surface area contributed by atoms with Crippen LogP contribution in [0.15, 0.2) is 73.1 Å². The number of rotatable bonds is 9. The van der Waals surface area contributed by atoms with E-state index in [2.05, 4.69) is 11.1 Å². The van der Waals surface area contributed by atoms with E-state index >= 15 is 0 Å². The van der Waals surface area contributed by atoms with Crippen molar-refractivity contribution in [3.05, 3.63) is 89.7 Å². The van der Waals surface area contributed by atoms with Crippen molar-refractivity contribution in [3.63, 3.8) is 0 Å². The fraction of sp³-hybridized carbons (Fsp3) is 0.207. The molecule has 0 bridgehead atoms. The molecule has 4 aromatic rings. The van der Waals surface area contributed by atoms with E-state index in [1.165, 1.54) is 6.20 Å². The maximum atomic E-state index is 13.1. The SMILES string of the molecule is CCOC(=O)CN(C(=O)Oc1ccc2c(c1)c(C(=O)CCc1ccc(C#N)cc1)cn2C)c1ccccn1. The Morgan fingerprint density at radius 3 is 2.55 bits per heavy atom. The number of carbonyl (C=O) groups excluding carboxylic acids is 3. The van der Waals surface area contributed by atoms with Crippen LogP contribution in [-0.2, 0) is 23.0 Å². The first-order chi connectivity index (χ1) is 18.4. The zero-order chi connectivity index (χ0) is 27.1. The van der Waals surface area contributed by atoms with E-state index in [1.54, 1.807) is 61.7 Å².